The maximum atomic E-state index is 8.47. The van der Waals surface area contributed by atoms with Crippen molar-refractivity contribution < 1.29 is 9.47 Å². The summed E-state index contributed by atoms with van der Waals surface area (Å²) in [5.74, 6) is 1.43. The lowest BCUT2D eigenvalue weighted by molar-refractivity contribution is 0.288. The zero-order chi connectivity index (χ0) is 11.8. The Bertz CT molecular complexity index is 372. The summed E-state index contributed by atoms with van der Waals surface area (Å²) < 4.78 is 10.9. The second-order valence-corrected chi connectivity index (χ2v) is 3.04. The van der Waals surface area contributed by atoms with Crippen LogP contribution < -0.4 is 14.8 Å². The smallest absolute Gasteiger partial charge is 0.163 e. The SMILES string of the molecule is CCOc1ccc(NCC#N)cc1OCC. The van der Waals surface area contributed by atoms with Crippen molar-refractivity contribution in [2.45, 2.75) is 13.8 Å². The summed E-state index contributed by atoms with van der Waals surface area (Å²) in [4.78, 5) is 0. The minimum atomic E-state index is 0.277. The topological polar surface area (TPSA) is 54.3 Å². The molecule has 0 fully saturated rings. The molecule has 0 radical (unpaired) electrons. The fraction of sp³-hybridized carbons (Fsp3) is 0.417. The first-order chi connectivity index (χ1) is 7.81. The molecule has 0 spiro atoms. The predicted molar refractivity (Wildman–Crippen MR) is 62.9 cm³/mol. The molecule has 0 heterocycles. The lowest BCUT2D eigenvalue weighted by Gasteiger charge is -2.12. The van der Waals surface area contributed by atoms with Gasteiger partial charge < -0.3 is 14.8 Å². The van der Waals surface area contributed by atoms with Crippen LogP contribution in [0.4, 0.5) is 5.69 Å². The average Bonchev–Trinajstić information content (AvgIpc) is 2.30. The Kier molecular flexibility index (Phi) is 5.00. The molecule has 0 aliphatic heterocycles. The van der Waals surface area contributed by atoms with E-state index in [-0.39, 0.29) is 6.54 Å². The number of nitrogens with zero attached hydrogens (tertiary/aromatic N) is 1. The van der Waals surface area contributed by atoms with E-state index in [4.69, 9.17) is 14.7 Å². The molecule has 0 atom stereocenters. The quantitative estimate of drug-likeness (QED) is 0.748. The highest BCUT2D eigenvalue weighted by atomic mass is 16.5. The van der Waals surface area contributed by atoms with E-state index < -0.39 is 0 Å². The number of rotatable bonds is 6. The van der Waals surface area contributed by atoms with Gasteiger partial charge >= 0.3 is 0 Å². The van der Waals surface area contributed by atoms with E-state index in [0.29, 0.717) is 19.0 Å². The monoisotopic (exact) mass is 220 g/mol. The van der Waals surface area contributed by atoms with Crippen molar-refractivity contribution in [1.29, 1.82) is 5.26 Å². The molecule has 1 aromatic rings. The highest BCUT2D eigenvalue weighted by Gasteiger charge is 2.05. The third kappa shape index (κ3) is 3.35. The molecule has 0 unspecified atom stereocenters. The van der Waals surface area contributed by atoms with Gasteiger partial charge in [0.05, 0.1) is 19.3 Å². The Morgan fingerprint density at radius 1 is 1.19 bits per heavy atom. The Morgan fingerprint density at radius 2 is 1.88 bits per heavy atom. The summed E-state index contributed by atoms with van der Waals surface area (Å²) >= 11 is 0. The molecule has 4 heteroatoms. The molecule has 4 nitrogen and oxygen atoms in total. The minimum absolute atomic E-state index is 0.277. The predicted octanol–water partition coefficient (Wildman–Crippen LogP) is 2.42. The zero-order valence-electron chi connectivity index (χ0n) is 9.62. The molecule has 0 saturated carbocycles. The Hall–Kier alpha value is -1.89. The molecule has 0 amide bonds. The largest absolute Gasteiger partial charge is 0.490 e. The van der Waals surface area contributed by atoms with E-state index in [1.807, 2.05) is 38.1 Å². The van der Waals surface area contributed by atoms with Crippen LogP contribution in [0.2, 0.25) is 0 Å². The number of anilines is 1. The molecule has 0 bridgehead atoms. The summed E-state index contributed by atoms with van der Waals surface area (Å²) in [5.41, 5.74) is 0.855. The van der Waals surface area contributed by atoms with Crippen LogP contribution in [0.25, 0.3) is 0 Å². The van der Waals surface area contributed by atoms with E-state index in [0.717, 1.165) is 11.4 Å². The summed E-state index contributed by atoms with van der Waals surface area (Å²) in [5, 5.41) is 11.4. The summed E-state index contributed by atoms with van der Waals surface area (Å²) in [7, 11) is 0. The van der Waals surface area contributed by atoms with Gasteiger partial charge in [0.25, 0.3) is 0 Å². The van der Waals surface area contributed by atoms with Crippen LogP contribution in [0.3, 0.4) is 0 Å². The van der Waals surface area contributed by atoms with Crippen molar-refractivity contribution in [2.75, 3.05) is 25.1 Å². The van der Waals surface area contributed by atoms with E-state index in [1.54, 1.807) is 0 Å². The molecule has 0 saturated heterocycles. The maximum absolute atomic E-state index is 8.47. The number of nitriles is 1. The van der Waals surface area contributed by atoms with Gasteiger partial charge in [-0.2, -0.15) is 5.26 Å². The summed E-state index contributed by atoms with van der Waals surface area (Å²) in [6.45, 7) is 5.31. The van der Waals surface area contributed by atoms with Crippen LogP contribution >= 0.6 is 0 Å². The lowest BCUT2D eigenvalue weighted by atomic mass is 10.2. The molecule has 0 aromatic heterocycles. The maximum Gasteiger partial charge on any atom is 0.163 e. The van der Waals surface area contributed by atoms with E-state index in [9.17, 15) is 0 Å². The number of benzene rings is 1. The highest BCUT2D eigenvalue weighted by molar-refractivity contribution is 5.55. The molecule has 1 aromatic carbocycles. The van der Waals surface area contributed by atoms with Crippen LogP contribution in [0, 0.1) is 11.3 Å². The van der Waals surface area contributed by atoms with Crippen LogP contribution in [0.15, 0.2) is 18.2 Å². The number of hydrogen-bond acceptors (Lipinski definition) is 4. The van der Waals surface area contributed by atoms with Crippen molar-refractivity contribution in [3.63, 3.8) is 0 Å². The second kappa shape index (κ2) is 6.57. The fourth-order valence-corrected chi connectivity index (χ4v) is 1.30. The van der Waals surface area contributed by atoms with Gasteiger partial charge in [-0.05, 0) is 26.0 Å². The molecule has 16 heavy (non-hydrogen) atoms. The van der Waals surface area contributed by atoms with Gasteiger partial charge in [0.15, 0.2) is 11.5 Å². The van der Waals surface area contributed by atoms with Gasteiger partial charge in [-0.15, -0.1) is 0 Å². The van der Waals surface area contributed by atoms with Gasteiger partial charge in [0, 0.05) is 11.8 Å². The first-order valence-corrected chi connectivity index (χ1v) is 5.32. The molecule has 86 valence electrons. The molecule has 1 rings (SSSR count). The Balaban J connectivity index is 2.84. The normalized spacial score (nSPS) is 9.31. The highest BCUT2D eigenvalue weighted by Crippen LogP contribution is 2.30. The van der Waals surface area contributed by atoms with Gasteiger partial charge in [0.1, 0.15) is 6.54 Å². The van der Waals surface area contributed by atoms with Gasteiger partial charge in [-0.25, -0.2) is 0 Å². The first kappa shape index (κ1) is 12.2. The molecule has 0 aliphatic rings. The van der Waals surface area contributed by atoms with Crippen LogP contribution in [0.5, 0.6) is 11.5 Å². The van der Waals surface area contributed by atoms with E-state index >= 15 is 0 Å². The zero-order valence-corrected chi connectivity index (χ0v) is 9.62. The molecule has 0 aliphatic carbocycles. The van der Waals surface area contributed by atoms with Crippen molar-refractivity contribution in [3.8, 4) is 17.6 Å². The third-order valence-corrected chi connectivity index (χ3v) is 1.91. The number of ether oxygens (including phenoxy) is 2. The lowest BCUT2D eigenvalue weighted by Crippen LogP contribution is -2.01. The average molecular weight is 220 g/mol. The number of nitrogens with one attached hydrogen (secondary N) is 1. The van der Waals surface area contributed by atoms with Crippen LogP contribution in [0.1, 0.15) is 13.8 Å². The van der Waals surface area contributed by atoms with Crippen molar-refractivity contribution >= 4 is 5.69 Å². The fourth-order valence-electron chi connectivity index (χ4n) is 1.30. The molecular formula is C12H16N2O2. The van der Waals surface area contributed by atoms with Crippen LogP contribution in [-0.4, -0.2) is 19.8 Å². The first-order valence-electron chi connectivity index (χ1n) is 5.32. The number of hydrogen-bond donors (Lipinski definition) is 1. The Morgan fingerprint density at radius 3 is 2.50 bits per heavy atom. The summed E-state index contributed by atoms with van der Waals surface area (Å²) in [6, 6.07) is 7.57. The van der Waals surface area contributed by atoms with E-state index in [1.165, 1.54) is 0 Å². The Labute approximate surface area is 95.8 Å². The molecular weight excluding hydrogens is 204 g/mol. The van der Waals surface area contributed by atoms with Crippen LogP contribution in [-0.2, 0) is 0 Å². The van der Waals surface area contributed by atoms with E-state index in [2.05, 4.69) is 5.32 Å². The summed E-state index contributed by atoms with van der Waals surface area (Å²) in [6.07, 6.45) is 0. The van der Waals surface area contributed by atoms with Gasteiger partial charge in [0.2, 0.25) is 0 Å². The van der Waals surface area contributed by atoms with Crippen molar-refractivity contribution in [2.24, 2.45) is 0 Å². The van der Waals surface area contributed by atoms with Gasteiger partial charge in [-0.1, -0.05) is 0 Å². The van der Waals surface area contributed by atoms with Crippen molar-refractivity contribution in [1.82, 2.24) is 0 Å². The standard InChI is InChI=1S/C12H16N2O2/c1-3-15-11-6-5-10(14-8-7-13)9-12(11)16-4-2/h5-6,9,14H,3-4,8H2,1-2H3. The second-order valence-electron chi connectivity index (χ2n) is 3.04. The minimum Gasteiger partial charge on any atom is -0.490 e. The van der Waals surface area contributed by atoms with Crippen molar-refractivity contribution in [3.05, 3.63) is 18.2 Å². The molecule has 1 N–H and O–H groups in total. The third-order valence-electron chi connectivity index (χ3n) is 1.91. The van der Waals surface area contributed by atoms with Gasteiger partial charge in [-0.3, -0.25) is 0 Å².